The second kappa shape index (κ2) is 6.23. The van der Waals surface area contributed by atoms with Crippen molar-refractivity contribution in [2.75, 3.05) is 5.73 Å². The van der Waals surface area contributed by atoms with Crippen LogP contribution in [0.4, 0.5) is 5.95 Å². The second-order valence-electron chi connectivity index (χ2n) is 5.76. The van der Waals surface area contributed by atoms with Crippen molar-refractivity contribution < 1.29 is 9.53 Å². The highest BCUT2D eigenvalue weighted by atomic mass is 16.5. The number of benzene rings is 2. The van der Waals surface area contributed by atoms with Gasteiger partial charge in [-0.15, -0.1) is 0 Å². The lowest BCUT2D eigenvalue weighted by Gasteiger charge is -2.27. The molecule has 0 bridgehead atoms. The summed E-state index contributed by atoms with van der Waals surface area (Å²) in [6, 6.07) is 15.4. The van der Waals surface area contributed by atoms with Crippen molar-refractivity contribution >= 4 is 11.9 Å². The highest BCUT2D eigenvalue weighted by Crippen LogP contribution is 2.32. The van der Waals surface area contributed by atoms with Crippen molar-refractivity contribution in [3.8, 4) is 11.5 Å². The Hall–Kier alpha value is -3.42. The third kappa shape index (κ3) is 3.01. The lowest BCUT2D eigenvalue weighted by atomic mass is 10.1. The topological polar surface area (TPSA) is 99.2 Å². The molecule has 0 unspecified atom stereocenters. The van der Waals surface area contributed by atoms with E-state index in [1.54, 1.807) is 4.90 Å². The Balaban J connectivity index is 1.68. The standard InChI is InChI=1S/C17H16N6O2/c18-17-19-20-21-23(17)11-16(24)22-9-12-5-1-3-7-14(12)25-15-8-4-2-6-13(15)10-22/h1-8H,9-11H2,(H2,18,19,21). The van der Waals surface area contributed by atoms with E-state index < -0.39 is 0 Å². The number of nitrogens with two attached hydrogens (primary N) is 1. The first-order valence-electron chi connectivity index (χ1n) is 7.84. The van der Waals surface area contributed by atoms with Gasteiger partial charge in [0.15, 0.2) is 0 Å². The van der Waals surface area contributed by atoms with Gasteiger partial charge in [-0.3, -0.25) is 4.79 Å². The van der Waals surface area contributed by atoms with Crippen LogP contribution in [0.5, 0.6) is 11.5 Å². The van der Waals surface area contributed by atoms with E-state index in [-0.39, 0.29) is 18.4 Å². The summed E-state index contributed by atoms with van der Waals surface area (Å²) >= 11 is 0. The fourth-order valence-corrected chi connectivity index (χ4v) is 2.78. The van der Waals surface area contributed by atoms with Crippen molar-refractivity contribution in [1.29, 1.82) is 0 Å². The van der Waals surface area contributed by atoms with Gasteiger partial charge < -0.3 is 15.4 Å². The number of carbonyl (C=O) groups is 1. The molecule has 0 radical (unpaired) electrons. The number of para-hydroxylation sites is 2. The van der Waals surface area contributed by atoms with E-state index in [9.17, 15) is 4.79 Å². The minimum Gasteiger partial charge on any atom is -0.457 e. The molecular formula is C17H16N6O2. The fraction of sp³-hybridized carbons (Fsp3) is 0.176. The molecule has 1 aliphatic heterocycles. The highest BCUT2D eigenvalue weighted by Gasteiger charge is 2.22. The summed E-state index contributed by atoms with van der Waals surface area (Å²) in [6.07, 6.45) is 0. The zero-order valence-corrected chi connectivity index (χ0v) is 13.4. The van der Waals surface area contributed by atoms with Crippen LogP contribution in [0.1, 0.15) is 11.1 Å². The molecule has 126 valence electrons. The summed E-state index contributed by atoms with van der Waals surface area (Å²) in [4.78, 5) is 14.6. The number of anilines is 1. The number of fused-ring (bicyclic) bond motifs is 2. The molecule has 0 saturated carbocycles. The average Bonchev–Trinajstić information content (AvgIpc) is 3.00. The molecule has 8 nitrogen and oxygen atoms in total. The van der Waals surface area contributed by atoms with Crippen LogP contribution in [-0.4, -0.2) is 31.0 Å². The number of aromatic nitrogens is 4. The Morgan fingerprint density at radius 3 is 2.20 bits per heavy atom. The van der Waals surface area contributed by atoms with Crippen LogP contribution >= 0.6 is 0 Å². The van der Waals surface area contributed by atoms with Crippen LogP contribution in [0.25, 0.3) is 0 Å². The number of hydrogen-bond acceptors (Lipinski definition) is 6. The van der Waals surface area contributed by atoms with Gasteiger partial charge in [0.25, 0.3) is 0 Å². The van der Waals surface area contributed by atoms with E-state index in [0.717, 1.165) is 22.6 Å². The van der Waals surface area contributed by atoms with Gasteiger partial charge in [-0.2, -0.15) is 0 Å². The van der Waals surface area contributed by atoms with Gasteiger partial charge in [-0.25, -0.2) is 4.68 Å². The number of carbonyl (C=O) groups excluding carboxylic acids is 1. The van der Waals surface area contributed by atoms with Crippen LogP contribution in [-0.2, 0) is 24.4 Å². The number of nitrogen functional groups attached to an aromatic ring is 1. The molecule has 0 atom stereocenters. The van der Waals surface area contributed by atoms with Crippen LogP contribution < -0.4 is 10.5 Å². The lowest BCUT2D eigenvalue weighted by Crippen LogP contribution is -2.34. The largest absolute Gasteiger partial charge is 0.457 e. The van der Waals surface area contributed by atoms with Crippen molar-refractivity contribution in [3.63, 3.8) is 0 Å². The van der Waals surface area contributed by atoms with Crippen LogP contribution in [0, 0.1) is 0 Å². The third-order valence-electron chi connectivity index (χ3n) is 4.08. The summed E-state index contributed by atoms with van der Waals surface area (Å²) in [7, 11) is 0. The molecule has 0 aliphatic carbocycles. The quantitative estimate of drug-likeness (QED) is 0.763. The maximum absolute atomic E-state index is 12.8. The monoisotopic (exact) mass is 336 g/mol. The molecule has 0 spiro atoms. The van der Waals surface area contributed by atoms with Gasteiger partial charge in [0, 0.05) is 24.2 Å². The highest BCUT2D eigenvalue weighted by molar-refractivity contribution is 5.76. The molecule has 1 aliphatic rings. The van der Waals surface area contributed by atoms with E-state index in [2.05, 4.69) is 15.5 Å². The minimum absolute atomic E-state index is 0.00990. The first-order chi connectivity index (χ1) is 12.2. The van der Waals surface area contributed by atoms with Gasteiger partial charge in [0.05, 0.1) is 0 Å². The summed E-state index contributed by atoms with van der Waals surface area (Å²) in [6.45, 7) is 0.862. The summed E-state index contributed by atoms with van der Waals surface area (Å²) in [5.74, 6) is 1.49. The van der Waals surface area contributed by atoms with Gasteiger partial charge in [-0.1, -0.05) is 41.5 Å². The van der Waals surface area contributed by atoms with Crippen molar-refractivity contribution in [2.45, 2.75) is 19.6 Å². The molecule has 1 amide bonds. The Morgan fingerprint density at radius 2 is 1.64 bits per heavy atom. The smallest absolute Gasteiger partial charge is 0.245 e. The Morgan fingerprint density at radius 1 is 1.04 bits per heavy atom. The SMILES string of the molecule is Nc1nnnn1CC(=O)N1Cc2ccccc2Oc2ccccc2C1. The van der Waals surface area contributed by atoms with Crippen molar-refractivity contribution in [3.05, 3.63) is 59.7 Å². The predicted octanol–water partition coefficient (Wildman–Crippen LogP) is 1.59. The van der Waals surface area contributed by atoms with Crippen LogP contribution in [0.3, 0.4) is 0 Å². The van der Waals surface area contributed by atoms with Gasteiger partial charge in [0.2, 0.25) is 11.9 Å². The Labute approximate surface area is 143 Å². The summed E-state index contributed by atoms with van der Waals surface area (Å²) in [5, 5.41) is 10.8. The molecule has 3 aromatic rings. The minimum atomic E-state index is -0.120. The molecule has 2 N–H and O–H groups in total. The molecule has 4 rings (SSSR count). The van der Waals surface area contributed by atoms with Crippen LogP contribution in [0.2, 0.25) is 0 Å². The molecule has 25 heavy (non-hydrogen) atoms. The maximum atomic E-state index is 12.8. The van der Waals surface area contributed by atoms with Gasteiger partial charge in [-0.05, 0) is 22.6 Å². The zero-order chi connectivity index (χ0) is 17.2. The second-order valence-corrected chi connectivity index (χ2v) is 5.76. The normalized spacial score (nSPS) is 13.2. The van der Waals surface area contributed by atoms with E-state index in [0.29, 0.717) is 13.1 Å². The number of hydrogen-bond donors (Lipinski definition) is 1. The first-order valence-corrected chi connectivity index (χ1v) is 7.84. The maximum Gasteiger partial charge on any atom is 0.245 e. The number of tetrazole rings is 1. The Kier molecular flexibility index (Phi) is 3.77. The first kappa shape index (κ1) is 15.1. The number of rotatable bonds is 2. The van der Waals surface area contributed by atoms with E-state index in [1.165, 1.54) is 4.68 Å². The van der Waals surface area contributed by atoms with E-state index in [1.807, 2.05) is 48.5 Å². The number of amides is 1. The molecule has 2 heterocycles. The molecule has 0 fully saturated rings. The average molecular weight is 336 g/mol. The molecule has 1 aromatic heterocycles. The van der Waals surface area contributed by atoms with Crippen molar-refractivity contribution in [1.82, 2.24) is 25.1 Å². The molecule has 2 aromatic carbocycles. The van der Waals surface area contributed by atoms with Gasteiger partial charge >= 0.3 is 0 Å². The van der Waals surface area contributed by atoms with Gasteiger partial charge in [0.1, 0.15) is 18.0 Å². The molecular weight excluding hydrogens is 320 g/mol. The molecule has 0 saturated heterocycles. The van der Waals surface area contributed by atoms with Crippen LogP contribution in [0.15, 0.2) is 48.5 Å². The van der Waals surface area contributed by atoms with E-state index >= 15 is 0 Å². The predicted molar refractivity (Wildman–Crippen MR) is 89.4 cm³/mol. The van der Waals surface area contributed by atoms with Crippen molar-refractivity contribution in [2.24, 2.45) is 0 Å². The molecule has 8 heteroatoms. The zero-order valence-electron chi connectivity index (χ0n) is 13.4. The third-order valence-corrected chi connectivity index (χ3v) is 4.08. The Bertz CT molecular complexity index is 875. The summed E-state index contributed by atoms with van der Waals surface area (Å²) in [5.41, 5.74) is 7.54. The summed E-state index contributed by atoms with van der Waals surface area (Å²) < 4.78 is 7.33. The van der Waals surface area contributed by atoms with E-state index in [4.69, 9.17) is 10.5 Å². The lowest BCUT2D eigenvalue weighted by molar-refractivity contribution is -0.133. The number of ether oxygens (including phenoxy) is 1. The number of nitrogens with zero attached hydrogens (tertiary/aromatic N) is 5. The fourth-order valence-electron chi connectivity index (χ4n) is 2.78.